The van der Waals surface area contributed by atoms with Crippen molar-refractivity contribution in [3.8, 4) is 0 Å². The third kappa shape index (κ3) is 3.85. The molecule has 2 N–H and O–H groups in total. The summed E-state index contributed by atoms with van der Waals surface area (Å²) in [5.41, 5.74) is 0. The first kappa shape index (κ1) is 14.1. The summed E-state index contributed by atoms with van der Waals surface area (Å²) in [4.78, 5) is 11.5. The van der Waals surface area contributed by atoms with Crippen molar-refractivity contribution in [3.63, 3.8) is 0 Å². The highest BCUT2D eigenvalue weighted by atomic mass is 32.2. The highest BCUT2D eigenvalue weighted by Gasteiger charge is 2.14. The third-order valence-electron chi connectivity index (χ3n) is 2.29. The lowest BCUT2D eigenvalue weighted by molar-refractivity contribution is 0.0928. The molecule has 2 heterocycles. The number of nitrogens with one attached hydrogen (secondary N) is 2. The van der Waals surface area contributed by atoms with Crippen LogP contribution in [0.5, 0.6) is 0 Å². The lowest BCUT2D eigenvalue weighted by Gasteiger charge is -2.05. The molecule has 0 spiro atoms. The van der Waals surface area contributed by atoms with Gasteiger partial charge in [0.1, 0.15) is 5.76 Å². The minimum Gasteiger partial charge on any atom is -0.459 e. The zero-order valence-electron chi connectivity index (χ0n) is 10.6. The Balaban J connectivity index is 1.82. The summed E-state index contributed by atoms with van der Waals surface area (Å²) in [6.07, 6.45) is 1.36. The van der Waals surface area contributed by atoms with Crippen LogP contribution in [0.4, 0.5) is 5.82 Å². The molecule has 0 saturated carbocycles. The largest absolute Gasteiger partial charge is 0.459 e. The number of carbonyl (C=O) groups is 1. The molecule has 2 rings (SSSR count). The van der Waals surface area contributed by atoms with Gasteiger partial charge < -0.3 is 14.3 Å². The smallest absolute Gasteiger partial charge is 0.287 e. The Morgan fingerprint density at radius 2 is 2.25 bits per heavy atom. The Bertz CT molecular complexity index is 675. The molecule has 0 aliphatic rings. The fourth-order valence-corrected chi connectivity index (χ4v) is 2.31. The molecule has 2 aromatic heterocycles. The van der Waals surface area contributed by atoms with E-state index in [-0.39, 0.29) is 23.9 Å². The Labute approximate surface area is 115 Å². The van der Waals surface area contributed by atoms with Crippen molar-refractivity contribution in [3.05, 3.63) is 36.0 Å². The molecule has 0 aromatic carbocycles. The van der Waals surface area contributed by atoms with E-state index in [4.69, 9.17) is 8.94 Å². The second kappa shape index (κ2) is 5.78. The number of amides is 1. The Hall–Kier alpha value is -2.29. The van der Waals surface area contributed by atoms with Gasteiger partial charge in [-0.15, -0.1) is 0 Å². The lowest BCUT2D eigenvalue weighted by atomic mass is 10.4. The van der Waals surface area contributed by atoms with E-state index in [2.05, 4.69) is 15.2 Å². The van der Waals surface area contributed by atoms with Crippen LogP contribution in [0.25, 0.3) is 0 Å². The number of sulfonamides is 1. The van der Waals surface area contributed by atoms with Gasteiger partial charge in [-0.25, -0.2) is 8.42 Å². The van der Waals surface area contributed by atoms with E-state index in [1.807, 2.05) is 0 Å². The zero-order chi connectivity index (χ0) is 14.6. The first-order valence-electron chi connectivity index (χ1n) is 5.72. The summed E-state index contributed by atoms with van der Waals surface area (Å²) in [5, 5.41) is 5.95. The first-order valence-corrected chi connectivity index (χ1v) is 7.37. The summed E-state index contributed by atoms with van der Waals surface area (Å²) >= 11 is 0. The number of anilines is 1. The molecule has 0 fully saturated rings. The standard InChI is InChI=1S/C11H13N3O5S/c1-8-7-10(13-19-8)14-20(16,17)6-4-12-11(15)9-3-2-5-18-9/h2-3,5,7H,4,6H2,1H3,(H,12,15)(H,13,14). The van der Waals surface area contributed by atoms with Crippen LogP contribution >= 0.6 is 0 Å². The van der Waals surface area contributed by atoms with Crippen LogP contribution < -0.4 is 10.0 Å². The molecular weight excluding hydrogens is 286 g/mol. The third-order valence-corrected chi connectivity index (χ3v) is 3.55. The highest BCUT2D eigenvalue weighted by molar-refractivity contribution is 7.92. The number of carbonyl (C=O) groups excluding carboxylic acids is 1. The Morgan fingerprint density at radius 1 is 1.45 bits per heavy atom. The van der Waals surface area contributed by atoms with E-state index < -0.39 is 15.9 Å². The van der Waals surface area contributed by atoms with E-state index in [1.165, 1.54) is 18.4 Å². The molecule has 0 aliphatic heterocycles. The highest BCUT2D eigenvalue weighted by Crippen LogP contribution is 2.09. The molecule has 0 aliphatic carbocycles. The number of rotatable bonds is 6. The molecular formula is C11H13N3O5S. The van der Waals surface area contributed by atoms with Crippen molar-refractivity contribution in [2.75, 3.05) is 17.0 Å². The second-order valence-corrected chi connectivity index (χ2v) is 5.82. The van der Waals surface area contributed by atoms with E-state index in [1.54, 1.807) is 13.0 Å². The van der Waals surface area contributed by atoms with Crippen LogP contribution in [-0.4, -0.2) is 31.8 Å². The molecule has 0 bridgehead atoms. The van der Waals surface area contributed by atoms with Crippen LogP contribution in [0.2, 0.25) is 0 Å². The van der Waals surface area contributed by atoms with Gasteiger partial charge in [0.2, 0.25) is 10.0 Å². The van der Waals surface area contributed by atoms with Gasteiger partial charge in [0.15, 0.2) is 11.6 Å². The van der Waals surface area contributed by atoms with Gasteiger partial charge in [-0.2, -0.15) is 0 Å². The van der Waals surface area contributed by atoms with E-state index in [0.29, 0.717) is 5.76 Å². The zero-order valence-corrected chi connectivity index (χ0v) is 11.4. The maximum Gasteiger partial charge on any atom is 0.287 e. The first-order chi connectivity index (χ1) is 9.46. The molecule has 108 valence electrons. The average Bonchev–Trinajstić information content (AvgIpc) is 3.00. The van der Waals surface area contributed by atoms with Crippen LogP contribution in [0.15, 0.2) is 33.4 Å². The van der Waals surface area contributed by atoms with Crippen molar-refractivity contribution in [2.24, 2.45) is 0 Å². The topological polar surface area (TPSA) is 114 Å². The summed E-state index contributed by atoms with van der Waals surface area (Å²) in [6.45, 7) is 1.60. The molecule has 0 saturated heterocycles. The predicted molar refractivity (Wildman–Crippen MR) is 69.7 cm³/mol. The van der Waals surface area contributed by atoms with Crippen LogP contribution in [0.3, 0.4) is 0 Å². The van der Waals surface area contributed by atoms with Crippen LogP contribution in [-0.2, 0) is 10.0 Å². The molecule has 9 heteroatoms. The van der Waals surface area contributed by atoms with Crippen molar-refractivity contribution in [1.29, 1.82) is 0 Å². The van der Waals surface area contributed by atoms with E-state index >= 15 is 0 Å². The second-order valence-electron chi connectivity index (χ2n) is 3.98. The molecule has 1 amide bonds. The van der Waals surface area contributed by atoms with Crippen molar-refractivity contribution >= 4 is 21.7 Å². The van der Waals surface area contributed by atoms with Gasteiger partial charge in [-0.05, 0) is 19.1 Å². The summed E-state index contributed by atoms with van der Waals surface area (Å²) in [5.74, 6) is -0.0237. The van der Waals surface area contributed by atoms with E-state index in [9.17, 15) is 13.2 Å². The molecule has 8 nitrogen and oxygen atoms in total. The Morgan fingerprint density at radius 3 is 2.85 bits per heavy atom. The fourth-order valence-electron chi connectivity index (χ4n) is 1.42. The van der Waals surface area contributed by atoms with Gasteiger partial charge in [-0.1, -0.05) is 5.16 Å². The van der Waals surface area contributed by atoms with Gasteiger partial charge in [0, 0.05) is 12.6 Å². The lowest BCUT2D eigenvalue weighted by Crippen LogP contribution is -2.31. The SMILES string of the molecule is Cc1cc(NS(=O)(=O)CCNC(=O)c2ccco2)no1. The number of aryl methyl sites for hydroxylation is 1. The quantitative estimate of drug-likeness (QED) is 0.813. The summed E-state index contributed by atoms with van der Waals surface area (Å²) < 4.78 is 35.3. The maximum atomic E-state index is 11.7. The molecule has 2 aromatic rings. The minimum atomic E-state index is -3.60. The predicted octanol–water partition coefficient (Wildman–Crippen LogP) is 0.748. The Kier molecular flexibility index (Phi) is 4.08. The van der Waals surface area contributed by atoms with Gasteiger partial charge in [0.05, 0.1) is 12.0 Å². The number of nitrogens with zero attached hydrogens (tertiary/aromatic N) is 1. The average molecular weight is 299 g/mol. The normalized spacial score (nSPS) is 11.2. The number of aromatic nitrogens is 1. The van der Waals surface area contributed by atoms with Gasteiger partial charge in [0.25, 0.3) is 5.91 Å². The molecule has 0 atom stereocenters. The summed E-state index contributed by atoms with van der Waals surface area (Å²) in [7, 11) is -3.60. The number of hydrogen-bond acceptors (Lipinski definition) is 6. The van der Waals surface area contributed by atoms with Crippen molar-refractivity contribution in [1.82, 2.24) is 10.5 Å². The molecule has 0 unspecified atom stereocenters. The van der Waals surface area contributed by atoms with Crippen LogP contribution in [0.1, 0.15) is 16.3 Å². The number of hydrogen-bond donors (Lipinski definition) is 2. The molecule has 20 heavy (non-hydrogen) atoms. The van der Waals surface area contributed by atoms with Crippen molar-refractivity contribution in [2.45, 2.75) is 6.92 Å². The van der Waals surface area contributed by atoms with Gasteiger partial charge >= 0.3 is 0 Å². The summed E-state index contributed by atoms with van der Waals surface area (Å²) in [6, 6.07) is 4.51. The van der Waals surface area contributed by atoms with Crippen molar-refractivity contribution < 1.29 is 22.2 Å². The van der Waals surface area contributed by atoms with E-state index in [0.717, 1.165) is 0 Å². The maximum absolute atomic E-state index is 11.7. The monoisotopic (exact) mass is 299 g/mol. The number of furan rings is 1. The molecule has 0 radical (unpaired) electrons. The van der Waals surface area contributed by atoms with Crippen LogP contribution in [0, 0.1) is 6.92 Å². The fraction of sp³-hybridized carbons (Fsp3) is 0.273. The minimum absolute atomic E-state index is 0.0499. The van der Waals surface area contributed by atoms with Gasteiger partial charge in [-0.3, -0.25) is 9.52 Å².